The zero-order valence-corrected chi connectivity index (χ0v) is 10.6. The van der Waals surface area contributed by atoms with Crippen molar-refractivity contribution in [1.82, 2.24) is 4.90 Å². The number of primary amides is 1. The largest absolute Gasteiger partial charge is 0.369 e. The van der Waals surface area contributed by atoms with Crippen molar-refractivity contribution in [2.24, 2.45) is 17.1 Å². The van der Waals surface area contributed by atoms with Crippen LogP contribution in [0.25, 0.3) is 0 Å². The van der Waals surface area contributed by atoms with Crippen LogP contribution in [0.4, 0.5) is 0 Å². The van der Waals surface area contributed by atoms with Crippen molar-refractivity contribution in [3.05, 3.63) is 35.9 Å². The molecule has 0 radical (unpaired) electrons. The second-order valence-corrected chi connectivity index (χ2v) is 5.76. The van der Waals surface area contributed by atoms with E-state index in [1.165, 1.54) is 5.56 Å². The molecule has 1 aromatic carbocycles. The van der Waals surface area contributed by atoms with Gasteiger partial charge in [0.2, 0.25) is 5.91 Å². The number of carbonyl (C=O) groups excluding carboxylic acids is 1. The number of hydrogen-bond donors (Lipinski definition) is 1. The average molecular weight is 244 g/mol. The van der Waals surface area contributed by atoms with Crippen LogP contribution < -0.4 is 5.73 Å². The molecule has 1 aliphatic carbocycles. The fourth-order valence-corrected chi connectivity index (χ4v) is 3.76. The Morgan fingerprint density at radius 2 is 2.17 bits per heavy atom. The summed E-state index contributed by atoms with van der Waals surface area (Å²) in [6, 6.07) is 10.5. The van der Waals surface area contributed by atoms with Crippen LogP contribution in [0.15, 0.2) is 30.3 Å². The number of nitrogens with zero attached hydrogens (tertiary/aromatic N) is 1. The predicted molar refractivity (Wildman–Crippen MR) is 70.7 cm³/mol. The van der Waals surface area contributed by atoms with Crippen LogP contribution in [0.5, 0.6) is 0 Å². The molecular weight excluding hydrogens is 224 g/mol. The molecule has 1 aliphatic heterocycles. The molecule has 2 fully saturated rings. The molecule has 1 heterocycles. The lowest BCUT2D eigenvalue weighted by atomic mass is 9.80. The summed E-state index contributed by atoms with van der Waals surface area (Å²) in [6.45, 7) is 2.81. The smallest absolute Gasteiger partial charge is 0.225 e. The normalized spacial score (nSPS) is 31.4. The maximum absolute atomic E-state index is 11.8. The molecule has 2 aliphatic rings. The molecule has 0 spiro atoms. The summed E-state index contributed by atoms with van der Waals surface area (Å²) in [7, 11) is 0. The van der Waals surface area contributed by atoms with Gasteiger partial charge in [0, 0.05) is 19.6 Å². The van der Waals surface area contributed by atoms with E-state index in [2.05, 4.69) is 29.2 Å². The zero-order valence-electron chi connectivity index (χ0n) is 10.6. The van der Waals surface area contributed by atoms with Gasteiger partial charge in [-0.05, 0) is 24.3 Å². The number of rotatable bonds is 3. The van der Waals surface area contributed by atoms with E-state index in [1.54, 1.807) is 0 Å². The van der Waals surface area contributed by atoms with Gasteiger partial charge in [0.25, 0.3) is 0 Å². The van der Waals surface area contributed by atoms with Crippen molar-refractivity contribution in [1.29, 1.82) is 0 Å². The van der Waals surface area contributed by atoms with Gasteiger partial charge in [-0.3, -0.25) is 9.69 Å². The molecule has 1 saturated heterocycles. The summed E-state index contributed by atoms with van der Waals surface area (Å²) in [5.74, 6) is 0.402. The van der Waals surface area contributed by atoms with E-state index in [4.69, 9.17) is 5.73 Å². The number of nitrogens with two attached hydrogens (primary N) is 1. The van der Waals surface area contributed by atoms with Gasteiger partial charge in [0.15, 0.2) is 0 Å². The van der Waals surface area contributed by atoms with Crippen LogP contribution in [0.2, 0.25) is 0 Å². The highest BCUT2D eigenvalue weighted by molar-refractivity contribution is 5.82. The van der Waals surface area contributed by atoms with Crippen molar-refractivity contribution in [3.8, 4) is 0 Å². The van der Waals surface area contributed by atoms with Crippen molar-refractivity contribution in [3.63, 3.8) is 0 Å². The lowest BCUT2D eigenvalue weighted by Gasteiger charge is -2.24. The van der Waals surface area contributed by atoms with Gasteiger partial charge in [0.05, 0.1) is 5.41 Å². The molecule has 3 heteroatoms. The quantitative estimate of drug-likeness (QED) is 0.881. The first-order valence-corrected chi connectivity index (χ1v) is 6.77. The Balaban J connectivity index is 1.73. The average Bonchev–Trinajstić information content (AvgIpc) is 2.87. The van der Waals surface area contributed by atoms with E-state index in [1.807, 2.05) is 6.07 Å². The molecule has 1 aromatic rings. The lowest BCUT2D eigenvalue weighted by Crippen LogP contribution is -2.40. The fraction of sp³-hybridized carbons (Fsp3) is 0.533. The van der Waals surface area contributed by atoms with Crippen LogP contribution in [0.3, 0.4) is 0 Å². The van der Waals surface area contributed by atoms with Crippen molar-refractivity contribution in [2.45, 2.75) is 25.8 Å². The Labute approximate surface area is 108 Å². The minimum Gasteiger partial charge on any atom is -0.369 e. The molecular formula is C15H20N2O. The van der Waals surface area contributed by atoms with Crippen LogP contribution in [-0.4, -0.2) is 23.9 Å². The summed E-state index contributed by atoms with van der Waals surface area (Å²) in [6.07, 6.45) is 3.30. The van der Waals surface area contributed by atoms with Gasteiger partial charge in [-0.15, -0.1) is 0 Å². The fourth-order valence-electron chi connectivity index (χ4n) is 3.76. The lowest BCUT2D eigenvalue weighted by molar-refractivity contribution is -0.128. The summed E-state index contributed by atoms with van der Waals surface area (Å²) in [5.41, 5.74) is 6.75. The third-order valence-electron chi connectivity index (χ3n) is 4.68. The predicted octanol–water partition coefficient (Wildman–Crippen LogP) is 1.77. The number of benzene rings is 1. The highest BCUT2D eigenvalue weighted by atomic mass is 16.1. The van der Waals surface area contributed by atoms with Crippen molar-refractivity contribution >= 4 is 5.91 Å². The van der Waals surface area contributed by atoms with E-state index in [0.29, 0.717) is 5.92 Å². The molecule has 3 nitrogen and oxygen atoms in total. The molecule has 1 amide bonds. The Kier molecular flexibility index (Phi) is 2.86. The molecule has 18 heavy (non-hydrogen) atoms. The van der Waals surface area contributed by atoms with E-state index >= 15 is 0 Å². The highest BCUT2D eigenvalue weighted by Crippen LogP contribution is 2.48. The van der Waals surface area contributed by atoms with Gasteiger partial charge in [-0.1, -0.05) is 36.8 Å². The van der Waals surface area contributed by atoms with Gasteiger partial charge in [0.1, 0.15) is 0 Å². The number of hydrogen-bond acceptors (Lipinski definition) is 2. The summed E-state index contributed by atoms with van der Waals surface area (Å²) in [5, 5.41) is 0. The number of fused-ring (bicyclic) bond motifs is 1. The number of likely N-dealkylation sites (tertiary alicyclic amines) is 1. The number of amides is 1. The maximum Gasteiger partial charge on any atom is 0.225 e. The van der Waals surface area contributed by atoms with Crippen LogP contribution in [-0.2, 0) is 11.3 Å². The number of carbonyl (C=O) groups is 1. The molecule has 1 saturated carbocycles. The first-order chi connectivity index (χ1) is 8.71. The highest BCUT2D eigenvalue weighted by Gasteiger charge is 2.53. The second kappa shape index (κ2) is 4.39. The molecule has 0 bridgehead atoms. The minimum absolute atomic E-state index is 0.0828. The molecule has 2 unspecified atom stereocenters. The molecule has 3 rings (SSSR count). The Hall–Kier alpha value is -1.35. The van der Waals surface area contributed by atoms with Crippen molar-refractivity contribution < 1.29 is 4.79 Å². The van der Waals surface area contributed by atoms with Gasteiger partial charge >= 0.3 is 0 Å². The van der Waals surface area contributed by atoms with Crippen molar-refractivity contribution in [2.75, 3.05) is 13.1 Å². The Bertz CT molecular complexity index is 445. The minimum atomic E-state index is -0.227. The topological polar surface area (TPSA) is 46.3 Å². The summed E-state index contributed by atoms with van der Waals surface area (Å²) < 4.78 is 0. The molecule has 96 valence electrons. The van der Waals surface area contributed by atoms with Crippen LogP contribution in [0, 0.1) is 11.3 Å². The Morgan fingerprint density at radius 3 is 2.83 bits per heavy atom. The second-order valence-electron chi connectivity index (χ2n) is 5.76. The van der Waals surface area contributed by atoms with E-state index < -0.39 is 0 Å². The molecule has 0 aromatic heterocycles. The third-order valence-corrected chi connectivity index (χ3v) is 4.68. The molecule has 2 atom stereocenters. The first kappa shape index (κ1) is 11.7. The Morgan fingerprint density at radius 1 is 1.39 bits per heavy atom. The standard InChI is InChI=1S/C15H20N2O/c16-14(18)15-8-4-7-13(15)10-17(11-15)9-12-5-2-1-3-6-12/h1-3,5-6,13H,4,7-11H2,(H2,16,18). The van der Waals surface area contributed by atoms with Gasteiger partial charge in [-0.25, -0.2) is 0 Å². The van der Waals surface area contributed by atoms with E-state index in [9.17, 15) is 4.79 Å². The first-order valence-electron chi connectivity index (χ1n) is 6.77. The SMILES string of the molecule is NC(=O)C12CCCC1CN(Cc1ccccc1)C2. The van der Waals surface area contributed by atoms with Gasteiger partial charge in [-0.2, -0.15) is 0 Å². The van der Waals surface area contributed by atoms with Crippen LogP contribution in [0.1, 0.15) is 24.8 Å². The van der Waals surface area contributed by atoms with Gasteiger partial charge < -0.3 is 5.73 Å². The monoisotopic (exact) mass is 244 g/mol. The van der Waals surface area contributed by atoms with Crippen LogP contribution >= 0.6 is 0 Å². The third kappa shape index (κ3) is 1.83. The molecule has 2 N–H and O–H groups in total. The zero-order chi connectivity index (χ0) is 12.6. The maximum atomic E-state index is 11.8. The summed E-state index contributed by atoms with van der Waals surface area (Å²) >= 11 is 0. The van der Waals surface area contributed by atoms with E-state index in [-0.39, 0.29) is 11.3 Å². The summed E-state index contributed by atoms with van der Waals surface area (Å²) in [4.78, 5) is 14.2. The van der Waals surface area contributed by atoms with E-state index in [0.717, 1.165) is 38.9 Å².